The Morgan fingerprint density at radius 1 is 0.842 bits per heavy atom. The van der Waals surface area contributed by atoms with Crippen LogP contribution in [0.5, 0.6) is 5.75 Å². The van der Waals surface area contributed by atoms with Gasteiger partial charge >= 0.3 is 12.5 Å². The summed E-state index contributed by atoms with van der Waals surface area (Å²) in [7, 11) is 0. The third-order valence-corrected chi connectivity index (χ3v) is 8.65. The molecule has 2 fully saturated rings. The molecule has 0 bridgehead atoms. The van der Waals surface area contributed by atoms with Crippen LogP contribution in [-0.4, -0.2) is 12.5 Å². The molecule has 0 N–H and O–H groups in total. The average Bonchev–Trinajstić information content (AvgIpc) is 2.89. The van der Waals surface area contributed by atoms with E-state index in [4.69, 9.17) is 0 Å². The smallest absolute Gasteiger partial charge is 0.425 e. The van der Waals surface area contributed by atoms with Gasteiger partial charge in [-0.2, -0.15) is 17.6 Å². The van der Waals surface area contributed by atoms with Crippen molar-refractivity contribution < 1.29 is 31.1 Å². The molecule has 0 aliphatic heterocycles. The van der Waals surface area contributed by atoms with Crippen molar-refractivity contribution in [3.05, 3.63) is 53.6 Å². The van der Waals surface area contributed by atoms with Crippen LogP contribution in [-0.2, 0) is 0 Å². The van der Waals surface area contributed by atoms with Crippen LogP contribution < -0.4 is 4.74 Å². The molecule has 2 aliphatic carbocycles. The standard InChI is InChI=1S/C31H38F6O/c1-2-3-4-5-6-7-20-8-9-22-17-23(11-10-21(22)16-20)24-12-14-26(27(32)18-24)25-13-15-29(28(33)19-25)38-31(36,37)30(34)35/h12-15,18-23,30H,2-11,16-17H2,1H3. The van der Waals surface area contributed by atoms with Crippen LogP contribution in [0, 0.1) is 29.4 Å². The average molecular weight is 541 g/mol. The Morgan fingerprint density at radius 3 is 2.29 bits per heavy atom. The molecule has 0 aromatic heterocycles. The summed E-state index contributed by atoms with van der Waals surface area (Å²) >= 11 is 0. The fourth-order valence-corrected chi connectivity index (χ4v) is 6.55. The first-order valence-electron chi connectivity index (χ1n) is 14.1. The molecule has 38 heavy (non-hydrogen) atoms. The maximum Gasteiger partial charge on any atom is 0.461 e. The molecule has 0 radical (unpaired) electrons. The lowest BCUT2D eigenvalue weighted by atomic mass is 9.63. The minimum atomic E-state index is -4.82. The van der Waals surface area contributed by atoms with Gasteiger partial charge < -0.3 is 4.74 Å². The molecule has 0 saturated heterocycles. The van der Waals surface area contributed by atoms with Gasteiger partial charge in [-0.05, 0) is 85.1 Å². The fourth-order valence-electron chi connectivity index (χ4n) is 6.55. The van der Waals surface area contributed by atoms with E-state index in [1.54, 1.807) is 6.07 Å². The third-order valence-electron chi connectivity index (χ3n) is 8.65. The van der Waals surface area contributed by atoms with E-state index < -0.39 is 29.9 Å². The minimum absolute atomic E-state index is 0.118. The molecule has 2 aromatic carbocycles. The number of rotatable bonds is 11. The van der Waals surface area contributed by atoms with Gasteiger partial charge in [-0.25, -0.2) is 8.78 Å². The zero-order chi connectivity index (χ0) is 27.3. The highest BCUT2D eigenvalue weighted by Crippen LogP contribution is 2.48. The number of hydrogen-bond acceptors (Lipinski definition) is 1. The summed E-state index contributed by atoms with van der Waals surface area (Å²) in [4.78, 5) is 0. The van der Waals surface area contributed by atoms with E-state index >= 15 is 4.39 Å². The number of halogens is 6. The highest BCUT2D eigenvalue weighted by atomic mass is 19.3. The number of alkyl halides is 4. The molecular formula is C31H38F6O. The summed E-state index contributed by atoms with van der Waals surface area (Å²) in [5.41, 5.74) is 1.17. The monoisotopic (exact) mass is 540 g/mol. The van der Waals surface area contributed by atoms with E-state index in [1.807, 2.05) is 6.07 Å². The Balaban J connectivity index is 1.35. The lowest BCUT2D eigenvalue weighted by molar-refractivity contribution is -0.254. The normalized spacial score (nSPS) is 23.9. The van der Waals surface area contributed by atoms with Crippen molar-refractivity contribution in [1.29, 1.82) is 0 Å². The Kier molecular flexibility index (Phi) is 9.69. The van der Waals surface area contributed by atoms with Gasteiger partial charge in [-0.1, -0.05) is 70.1 Å². The first-order chi connectivity index (χ1) is 18.2. The van der Waals surface area contributed by atoms with Crippen LogP contribution in [0.25, 0.3) is 11.1 Å². The first kappa shape index (κ1) is 28.8. The molecule has 0 heterocycles. The van der Waals surface area contributed by atoms with E-state index in [0.29, 0.717) is 5.92 Å². The lowest BCUT2D eigenvalue weighted by Gasteiger charge is -2.42. The van der Waals surface area contributed by atoms with Crippen LogP contribution in [0.3, 0.4) is 0 Å². The van der Waals surface area contributed by atoms with Crippen LogP contribution in [0.1, 0.15) is 95.5 Å². The summed E-state index contributed by atoms with van der Waals surface area (Å²) in [6.45, 7) is 2.24. The van der Waals surface area contributed by atoms with Crippen LogP contribution in [0.4, 0.5) is 26.3 Å². The third kappa shape index (κ3) is 7.06. The Morgan fingerprint density at radius 2 is 1.58 bits per heavy atom. The Labute approximate surface area is 222 Å². The van der Waals surface area contributed by atoms with Crippen molar-refractivity contribution in [3.63, 3.8) is 0 Å². The summed E-state index contributed by atoms with van der Waals surface area (Å²) in [5, 5.41) is 0. The largest absolute Gasteiger partial charge is 0.461 e. The molecule has 2 saturated carbocycles. The van der Waals surface area contributed by atoms with Crippen molar-refractivity contribution in [3.8, 4) is 16.9 Å². The Bertz CT molecular complexity index is 1050. The highest BCUT2D eigenvalue weighted by Gasteiger charge is 2.44. The predicted octanol–water partition coefficient (Wildman–Crippen LogP) is 10.5. The van der Waals surface area contributed by atoms with Gasteiger partial charge in [0.25, 0.3) is 0 Å². The first-order valence-corrected chi connectivity index (χ1v) is 14.1. The summed E-state index contributed by atoms with van der Waals surface area (Å²) < 4.78 is 84.2. The molecule has 1 nitrogen and oxygen atoms in total. The van der Waals surface area contributed by atoms with E-state index in [-0.39, 0.29) is 17.0 Å². The van der Waals surface area contributed by atoms with E-state index in [1.165, 1.54) is 76.3 Å². The van der Waals surface area contributed by atoms with Gasteiger partial charge in [0.1, 0.15) is 5.82 Å². The molecule has 2 aromatic rings. The van der Waals surface area contributed by atoms with Crippen LogP contribution in [0.15, 0.2) is 36.4 Å². The maximum atomic E-state index is 15.1. The molecule has 0 amide bonds. The SMILES string of the molecule is CCCCCCCC1CCC2CC(c3ccc(-c4ccc(OC(F)(F)C(F)F)c(F)c4)c(F)c3)CCC2C1. The summed E-state index contributed by atoms with van der Waals surface area (Å²) in [6, 6.07) is 7.76. The number of hydrogen-bond donors (Lipinski definition) is 0. The Hall–Kier alpha value is -2.18. The van der Waals surface area contributed by atoms with Crippen molar-refractivity contribution in [1.82, 2.24) is 0 Å². The van der Waals surface area contributed by atoms with Crippen molar-refractivity contribution in [2.24, 2.45) is 17.8 Å². The van der Waals surface area contributed by atoms with Gasteiger partial charge in [0, 0.05) is 5.56 Å². The zero-order valence-corrected chi connectivity index (χ0v) is 22.0. The van der Waals surface area contributed by atoms with Gasteiger partial charge in [0.15, 0.2) is 11.6 Å². The molecule has 4 unspecified atom stereocenters. The molecular weight excluding hydrogens is 502 g/mol. The van der Waals surface area contributed by atoms with Gasteiger partial charge in [0.05, 0.1) is 0 Å². The number of benzene rings is 2. The summed E-state index contributed by atoms with van der Waals surface area (Å²) in [6.07, 6.45) is 6.22. The highest BCUT2D eigenvalue weighted by molar-refractivity contribution is 5.65. The van der Waals surface area contributed by atoms with Crippen LogP contribution >= 0.6 is 0 Å². The zero-order valence-electron chi connectivity index (χ0n) is 22.0. The van der Waals surface area contributed by atoms with Gasteiger partial charge in [-0.15, -0.1) is 0 Å². The van der Waals surface area contributed by atoms with Crippen molar-refractivity contribution in [2.45, 2.75) is 102 Å². The number of fused-ring (bicyclic) bond motifs is 1. The van der Waals surface area contributed by atoms with Crippen molar-refractivity contribution >= 4 is 0 Å². The lowest BCUT2D eigenvalue weighted by Crippen LogP contribution is -2.33. The second-order valence-corrected chi connectivity index (χ2v) is 11.3. The topological polar surface area (TPSA) is 9.23 Å². The molecule has 4 atom stereocenters. The van der Waals surface area contributed by atoms with Crippen molar-refractivity contribution in [2.75, 3.05) is 0 Å². The van der Waals surface area contributed by atoms with Gasteiger partial charge in [-0.3, -0.25) is 0 Å². The molecule has 0 spiro atoms. The maximum absolute atomic E-state index is 15.1. The van der Waals surface area contributed by atoms with Gasteiger partial charge in [0.2, 0.25) is 0 Å². The van der Waals surface area contributed by atoms with E-state index in [9.17, 15) is 22.0 Å². The predicted molar refractivity (Wildman–Crippen MR) is 138 cm³/mol. The quantitative estimate of drug-likeness (QED) is 0.203. The molecule has 4 rings (SSSR count). The minimum Gasteiger partial charge on any atom is -0.425 e. The molecule has 210 valence electrons. The molecule has 7 heteroatoms. The molecule has 2 aliphatic rings. The second kappa shape index (κ2) is 12.8. The fraction of sp³-hybridized carbons (Fsp3) is 0.613. The van der Waals surface area contributed by atoms with Crippen LogP contribution in [0.2, 0.25) is 0 Å². The number of ether oxygens (including phenoxy) is 1. The number of unbranched alkanes of at least 4 members (excludes halogenated alkanes) is 4. The van der Waals surface area contributed by atoms with E-state index in [0.717, 1.165) is 42.4 Å². The van der Waals surface area contributed by atoms with E-state index in [2.05, 4.69) is 11.7 Å². The second-order valence-electron chi connectivity index (χ2n) is 11.3. The summed E-state index contributed by atoms with van der Waals surface area (Å²) in [5.74, 6) is -0.214.